The van der Waals surface area contributed by atoms with E-state index in [9.17, 15) is 14.9 Å². The number of carbonyl (C=O) groups is 1. The van der Waals surface area contributed by atoms with Crippen molar-refractivity contribution in [2.24, 2.45) is 11.8 Å². The van der Waals surface area contributed by atoms with Crippen molar-refractivity contribution in [2.45, 2.75) is 91.1 Å². The van der Waals surface area contributed by atoms with Crippen molar-refractivity contribution in [1.82, 2.24) is 4.98 Å². The highest BCUT2D eigenvalue weighted by atomic mass is 28.4. The highest BCUT2D eigenvalue weighted by Crippen LogP contribution is 2.44. The molecule has 0 radical (unpaired) electrons. The molecule has 1 aromatic rings. The minimum Gasteiger partial charge on any atom is -0.477 e. The van der Waals surface area contributed by atoms with Gasteiger partial charge in [-0.2, -0.15) is 0 Å². The number of esters is 1. The van der Waals surface area contributed by atoms with E-state index < -0.39 is 13.9 Å². The van der Waals surface area contributed by atoms with Gasteiger partial charge in [0.1, 0.15) is 17.5 Å². The fourth-order valence-electron chi connectivity index (χ4n) is 4.67. The molecule has 0 aromatic carbocycles. The molecule has 196 valence electrons. The Balaban J connectivity index is 1.98. The first-order chi connectivity index (χ1) is 16.0. The molecule has 0 spiro atoms. The number of ether oxygens (including phenoxy) is 2. The van der Waals surface area contributed by atoms with Gasteiger partial charge in [0.2, 0.25) is 5.88 Å². The fourth-order valence-corrected chi connectivity index (χ4v) is 6.13. The smallest absolute Gasteiger partial charge is 0.311 e. The zero-order valence-corrected chi connectivity index (χ0v) is 23.6. The van der Waals surface area contributed by atoms with Crippen LogP contribution in [0.5, 0.6) is 5.88 Å². The second-order valence-electron chi connectivity index (χ2n) is 12.4. The molecule has 0 aliphatic carbocycles. The molecule has 0 bridgehead atoms. The number of carbonyl (C=O) groups excluding carboxylic acids is 1. The van der Waals surface area contributed by atoms with Crippen LogP contribution in [0.3, 0.4) is 0 Å². The Bertz CT molecular complexity index is 969. The summed E-state index contributed by atoms with van der Waals surface area (Å²) in [4.78, 5) is 30.7. The maximum Gasteiger partial charge on any atom is 0.311 e. The number of pyridine rings is 1. The highest BCUT2D eigenvalue weighted by molar-refractivity contribution is 6.74. The van der Waals surface area contributed by atoms with Gasteiger partial charge in [-0.25, -0.2) is 4.98 Å². The number of anilines is 1. The van der Waals surface area contributed by atoms with Crippen LogP contribution in [0.15, 0.2) is 6.20 Å². The summed E-state index contributed by atoms with van der Waals surface area (Å²) in [5, 5.41) is 11.9. The lowest BCUT2D eigenvalue weighted by Gasteiger charge is -2.48. The third kappa shape index (κ3) is 6.14. The lowest BCUT2D eigenvalue weighted by molar-refractivity contribution is -0.384. The number of aromatic nitrogens is 1. The fraction of sp³-hybridized carbons (Fsp3) is 0.760. The lowest BCUT2D eigenvalue weighted by Crippen LogP contribution is -2.55. The van der Waals surface area contributed by atoms with Crippen molar-refractivity contribution < 1.29 is 23.6 Å². The van der Waals surface area contributed by atoms with Gasteiger partial charge in [0.15, 0.2) is 8.32 Å². The van der Waals surface area contributed by atoms with Crippen molar-refractivity contribution >= 4 is 25.7 Å². The maximum absolute atomic E-state index is 12.9. The zero-order valence-electron chi connectivity index (χ0n) is 22.6. The highest BCUT2D eigenvalue weighted by Gasteiger charge is 2.46. The lowest BCUT2D eigenvalue weighted by atomic mass is 9.84. The van der Waals surface area contributed by atoms with Crippen molar-refractivity contribution in [2.75, 3.05) is 24.6 Å². The number of nitrogens with zero attached hydrogens (tertiary/aromatic N) is 3. The number of nitro groups is 1. The van der Waals surface area contributed by atoms with Crippen LogP contribution in [-0.4, -0.2) is 55.6 Å². The van der Waals surface area contributed by atoms with Crippen LogP contribution < -0.4 is 9.64 Å². The average Bonchev–Trinajstić information content (AvgIpc) is 3.15. The normalized spacial score (nSPS) is 23.0. The van der Waals surface area contributed by atoms with Crippen molar-refractivity contribution in [3.05, 3.63) is 21.9 Å². The molecular formula is C25H41N3O6Si. The van der Waals surface area contributed by atoms with E-state index in [1.165, 1.54) is 6.20 Å². The minimum atomic E-state index is -2.13. The van der Waals surface area contributed by atoms with Gasteiger partial charge in [0.25, 0.3) is 0 Å². The van der Waals surface area contributed by atoms with Crippen LogP contribution in [0.4, 0.5) is 11.4 Å². The molecule has 1 aromatic heterocycles. The van der Waals surface area contributed by atoms with Crippen LogP contribution in [0, 0.1) is 22.0 Å². The molecule has 2 aliphatic heterocycles. The van der Waals surface area contributed by atoms with E-state index in [4.69, 9.17) is 13.9 Å². The molecule has 0 N–H and O–H groups in total. The Kier molecular flexibility index (Phi) is 7.58. The quantitative estimate of drug-likeness (QED) is 0.226. The largest absolute Gasteiger partial charge is 0.477 e. The predicted octanol–water partition coefficient (Wildman–Crippen LogP) is 5.12. The Labute approximate surface area is 209 Å². The van der Waals surface area contributed by atoms with Crippen LogP contribution in [0.1, 0.15) is 60.5 Å². The van der Waals surface area contributed by atoms with E-state index in [-0.39, 0.29) is 46.0 Å². The van der Waals surface area contributed by atoms with E-state index in [1.54, 1.807) is 0 Å². The summed E-state index contributed by atoms with van der Waals surface area (Å²) < 4.78 is 18.2. The van der Waals surface area contributed by atoms with Gasteiger partial charge in [-0.1, -0.05) is 27.7 Å². The van der Waals surface area contributed by atoms with Crippen LogP contribution in [0.25, 0.3) is 0 Å². The van der Waals surface area contributed by atoms with Gasteiger partial charge in [0.05, 0.1) is 24.1 Å². The summed E-state index contributed by atoms with van der Waals surface area (Å²) in [6, 6.07) is 0. The van der Waals surface area contributed by atoms with E-state index in [0.29, 0.717) is 37.7 Å². The maximum atomic E-state index is 12.9. The number of rotatable bonds is 6. The molecule has 0 amide bonds. The number of hydrogen-bond donors (Lipinski definition) is 0. The topological polar surface area (TPSA) is 104 Å². The predicted molar refractivity (Wildman–Crippen MR) is 137 cm³/mol. The van der Waals surface area contributed by atoms with Crippen molar-refractivity contribution in [1.29, 1.82) is 0 Å². The molecule has 1 saturated heterocycles. The SMILES string of the molecule is C[C@H]1CN(c2c([N+](=O)[O-])cnc3c2CCO3)C[C@@H](CC(=O)OC(C)(C)C)[C@@H]1O[Si](C)(C)C(C)(C)C. The minimum absolute atomic E-state index is 0.0162. The zero-order chi connectivity index (χ0) is 26.3. The number of piperidine rings is 1. The Morgan fingerprint density at radius 1 is 1.26 bits per heavy atom. The van der Waals surface area contributed by atoms with Crippen molar-refractivity contribution in [3.8, 4) is 5.88 Å². The Morgan fingerprint density at radius 3 is 2.49 bits per heavy atom. The molecule has 3 heterocycles. The first-order valence-electron chi connectivity index (χ1n) is 12.4. The second-order valence-corrected chi connectivity index (χ2v) is 17.2. The van der Waals surface area contributed by atoms with Gasteiger partial charge in [-0.3, -0.25) is 14.9 Å². The molecule has 1 fully saturated rings. The van der Waals surface area contributed by atoms with Gasteiger partial charge in [-0.05, 0) is 44.8 Å². The Morgan fingerprint density at radius 2 is 1.91 bits per heavy atom. The average molecular weight is 508 g/mol. The van der Waals surface area contributed by atoms with Crippen molar-refractivity contribution in [3.63, 3.8) is 0 Å². The van der Waals surface area contributed by atoms with Crippen LogP contribution >= 0.6 is 0 Å². The molecule has 2 aliphatic rings. The first kappa shape index (κ1) is 27.4. The summed E-state index contributed by atoms with van der Waals surface area (Å²) in [6.45, 7) is 20.2. The standard InChI is InChI=1S/C25H41N3O6Si/c1-16-14-27(21-18-10-11-32-23(18)26-13-19(21)28(30)31)15-17(12-20(29)33-24(2,3)4)22(16)34-35(8,9)25(5,6)7/h13,16-17,22H,10-12,14-15H2,1-9H3/t16-,17+,22+/m0/s1. The molecule has 35 heavy (non-hydrogen) atoms. The molecule has 3 rings (SSSR count). The summed E-state index contributed by atoms with van der Waals surface area (Å²) in [5.74, 6) is 0.0595. The third-order valence-corrected chi connectivity index (χ3v) is 11.7. The summed E-state index contributed by atoms with van der Waals surface area (Å²) in [6.07, 6.45) is 1.90. The summed E-state index contributed by atoms with van der Waals surface area (Å²) in [5.41, 5.74) is 0.714. The Hall–Kier alpha value is -2.20. The molecule has 10 heteroatoms. The summed E-state index contributed by atoms with van der Waals surface area (Å²) in [7, 11) is -2.13. The summed E-state index contributed by atoms with van der Waals surface area (Å²) >= 11 is 0. The monoisotopic (exact) mass is 507 g/mol. The molecule has 9 nitrogen and oxygen atoms in total. The van der Waals surface area contributed by atoms with Gasteiger partial charge in [-0.15, -0.1) is 0 Å². The van der Waals surface area contributed by atoms with Crippen LogP contribution in [0.2, 0.25) is 18.1 Å². The van der Waals surface area contributed by atoms with E-state index in [1.807, 2.05) is 25.7 Å². The van der Waals surface area contributed by atoms with Gasteiger partial charge in [0, 0.05) is 31.0 Å². The molecule has 3 atom stereocenters. The number of fused-ring (bicyclic) bond motifs is 1. The van der Waals surface area contributed by atoms with E-state index in [2.05, 4.69) is 45.8 Å². The van der Waals surface area contributed by atoms with Crippen LogP contribution in [-0.2, 0) is 20.4 Å². The second kappa shape index (κ2) is 9.69. The third-order valence-electron chi connectivity index (χ3n) is 7.27. The first-order valence-corrected chi connectivity index (χ1v) is 15.3. The van der Waals surface area contributed by atoms with Gasteiger partial charge < -0.3 is 18.8 Å². The molecule has 0 saturated carbocycles. The van der Waals surface area contributed by atoms with Gasteiger partial charge >= 0.3 is 11.7 Å². The van der Waals surface area contributed by atoms with E-state index >= 15 is 0 Å². The number of hydrogen-bond acceptors (Lipinski definition) is 8. The van der Waals surface area contributed by atoms with E-state index in [0.717, 1.165) is 5.56 Å². The molecular weight excluding hydrogens is 466 g/mol. The molecule has 0 unspecified atom stereocenters.